The van der Waals surface area contributed by atoms with Crippen molar-refractivity contribution >= 4 is 35.0 Å². The zero-order valence-corrected chi connectivity index (χ0v) is 17.8. The molecule has 156 valence electrons. The lowest BCUT2D eigenvalue weighted by atomic mass is 10.3. The summed E-state index contributed by atoms with van der Waals surface area (Å²) in [6.07, 6.45) is 2.91. The molecule has 0 radical (unpaired) electrons. The zero-order valence-electron chi connectivity index (χ0n) is 16.2. The molecule has 3 aromatic rings. The Bertz CT molecular complexity index is 1300. The van der Waals surface area contributed by atoms with Gasteiger partial charge >= 0.3 is 5.69 Å². The second-order valence-electron chi connectivity index (χ2n) is 7.07. The summed E-state index contributed by atoms with van der Waals surface area (Å²) in [6.45, 7) is -0.472. The van der Waals surface area contributed by atoms with Gasteiger partial charge in [-0.25, -0.2) is 9.36 Å². The molecule has 9 heteroatoms. The summed E-state index contributed by atoms with van der Waals surface area (Å²) in [7, 11) is 0. The topological polar surface area (TPSA) is 96.9 Å². The molecule has 1 N–H and O–H groups in total. The van der Waals surface area contributed by atoms with E-state index >= 15 is 0 Å². The van der Waals surface area contributed by atoms with Crippen LogP contribution in [0.25, 0.3) is 0 Å². The van der Waals surface area contributed by atoms with Crippen LogP contribution in [0, 0.1) is 11.3 Å². The van der Waals surface area contributed by atoms with Gasteiger partial charge in [0.15, 0.2) is 0 Å². The van der Waals surface area contributed by atoms with Crippen molar-refractivity contribution in [3.05, 3.63) is 86.2 Å². The van der Waals surface area contributed by atoms with E-state index in [4.69, 9.17) is 11.6 Å². The van der Waals surface area contributed by atoms with E-state index < -0.39 is 23.7 Å². The molecular weight excluding hydrogens is 436 g/mol. The van der Waals surface area contributed by atoms with Gasteiger partial charge in [-0.1, -0.05) is 35.5 Å². The summed E-state index contributed by atoms with van der Waals surface area (Å²) in [4.78, 5) is 39.6. The second kappa shape index (κ2) is 8.84. The quantitative estimate of drug-likeness (QED) is 0.615. The van der Waals surface area contributed by atoms with Gasteiger partial charge < -0.3 is 5.32 Å². The first-order valence-electron chi connectivity index (χ1n) is 9.54. The second-order valence-corrected chi connectivity index (χ2v) is 8.62. The molecule has 1 heterocycles. The summed E-state index contributed by atoms with van der Waals surface area (Å²) in [5.41, 5.74) is -0.939. The molecule has 1 aromatic heterocycles. The van der Waals surface area contributed by atoms with Gasteiger partial charge in [-0.3, -0.25) is 14.2 Å². The van der Waals surface area contributed by atoms with Crippen molar-refractivity contribution in [1.29, 1.82) is 5.26 Å². The third-order valence-corrected chi connectivity index (χ3v) is 6.10. The molecular formula is C22H17ClN4O3S. The van der Waals surface area contributed by atoms with E-state index in [1.165, 1.54) is 22.5 Å². The fourth-order valence-electron chi connectivity index (χ4n) is 3.07. The van der Waals surface area contributed by atoms with Crippen LogP contribution in [0.2, 0.25) is 5.02 Å². The number of carbonyl (C=O) groups excluding carboxylic acids is 1. The van der Waals surface area contributed by atoms with Gasteiger partial charge in [0.05, 0.1) is 5.69 Å². The third-order valence-electron chi connectivity index (χ3n) is 4.76. The minimum absolute atomic E-state index is 0.0222. The molecule has 7 nitrogen and oxygen atoms in total. The van der Waals surface area contributed by atoms with Gasteiger partial charge in [-0.2, -0.15) is 5.26 Å². The number of nitrogens with zero attached hydrogens (tertiary/aromatic N) is 3. The summed E-state index contributed by atoms with van der Waals surface area (Å²) in [5, 5.41) is 12.6. The highest BCUT2D eigenvalue weighted by molar-refractivity contribution is 7.99. The Kier molecular flexibility index (Phi) is 5.98. The Labute approximate surface area is 186 Å². The molecule has 0 saturated heterocycles. The van der Waals surface area contributed by atoms with Crippen LogP contribution in [0.1, 0.15) is 24.4 Å². The number of aromatic nitrogens is 2. The Morgan fingerprint density at radius 1 is 1.16 bits per heavy atom. The molecule has 31 heavy (non-hydrogen) atoms. The smallest absolute Gasteiger partial charge is 0.323 e. The fourth-order valence-corrected chi connectivity index (χ4v) is 4.10. The Hall–Kier alpha value is -3.28. The number of hydrogen-bond acceptors (Lipinski definition) is 5. The van der Waals surface area contributed by atoms with E-state index in [0.717, 1.165) is 27.2 Å². The number of carbonyl (C=O) groups is 1. The first-order chi connectivity index (χ1) is 15.0. The molecule has 0 spiro atoms. The number of nitriles is 1. The van der Waals surface area contributed by atoms with Crippen molar-refractivity contribution in [2.45, 2.75) is 35.2 Å². The van der Waals surface area contributed by atoms with Crippen LogP contribution in [-0.2, 0) is 11.3 Å². The van der Waals surface area contributed by atoms with Crippen LogP contribution in [0.15, 0.2) is 74.1 Å². The van der Waals surface area contributed by atoms with E-state index in [0.29, 0.717) is 10.7 Å². The van der Waals surface area contributed by atoms with E-state index in [1.807, 2.05) is 30.3 Å². The van der Waals surface area contributed by atoms with Gasteiger partial charge in [0, 0.05) is 27.1 Å². The zero-order chi connectivity index (χ0) is 22.0. The van der Waals surface area contributed by atoms with E-state index in [2.05, 4.69) is 5.32 Å². The highest BCUT2D eigenvalue weighted by Gasteiger charge is 2.27. The third kappa shape index (κ3) is 4.74. The normalized spacial score (nSPS) is 12.9. The van der Waals surface area contributed by atoms with Crippen LogP contribution in [0.3, 0.4) is 0 Å². The molecule has 0 bridgehead atoms. The maximum atomic E-state index is 12.7. The van der Waals surface area contributed by atoms with Crippen molar-refractivity contribution in [2.75, 3.05) is 5.32 Å². The summed E-state index contributed by atoms with van der Waals surface area (Å²) >= 11 is 7.38. The standard InChI is InChI=1S/C22H17ClN4O3S/c23-15-5-9-17(10-6-15)31-19-4-2-1-3-18(19)25-20(28)13-27-21(29)14(11-24)12-26(22(27)30)16-7-8-16/h1-6,9-10,12,16H,7-8,13H2,(H,25,28). The molecule has 0 atom stereocenters. The van der Waals surface area contributed by atoms with E-state index in [-0.39, 0.29) is 11.6 Å². The van der Waals surface area contributed by atoms with Gasteiger partial charge in [-0.05, 0) is 49.2 Å². The maximum Gasteiger partial charge on any atom is 0.331 e. The molecule has 1 saturated carbocycles. The molecule has 1 amide bonds. The van der Waals surface area contributed by atoms with Crippen LogP contribution in [-0.4, -0.2) is 15.0 Å². The van der Waals surface area contributed by atoms with Crippen molar-refractivity contribution in [3.8, 4) is 6.07 Å². The molecule has 1 aliphatic rings. The van der Waals surface area contributed by atoms with Gasteiger partial charge in [0.1, 0.15) is 18.2 Å². The van der Waals surface area contributed by atoms with Gasteiger partial charge in [0.25, 0.3) is 5.56 Å². The maximum absolute atomic E-state index is 12.7. The van der Waals surface area contributed by atoms with Gasteiger partial charge in [-0.15, -0.1) is 0 Å². The highest BCUT2D eigenvalue weighted by Crippen LogP contribution is 2.34. The van der Waals surface area contributed by atoms with Crippen LogP contribution >= 0.6 is 23.4 Å². The number of hydrogen-bond donors (Lipinski definition) is 1. The molecule has 0 aliphatic heterocycles. The summed E-state index contributed by atoms with van der Waals surface area (Å²) < 4.78 is 2.19. The lowest BCUT2D eigenvalue weighted by Gasteiger charge is -2.13. The van der Waals surface area contributed by atoms with Crippen molar-refractivity contribution in [1.82, 2.24) is 9.13 Å². The molecule has 1 fully saturated rings. The van der Waals surface area contributed by atoms with Crippen LogP contribution in [0.4, 0.5) is 5.69 Å². The molecule has 4 rings (SSSR count). The van der Waals surface area contributed by atoms with Crippen LogP contribution in [0.5, 0.6) is 0 Å². The van der Waals surface area contributed by atoms with Crippen molar-refractivity contribution in [2.24, 2.45) is 0 Å². The number of benzene rings is 2. The summed E-state index contributed by atoms with van der Waals surface area (Å²) in [5.74, 6) is -0.527. The number of para-hydroxylation sites is 1. The average molecular weight is 453 g/mol. The number of amides is 1. The van der Waals surface area contributed by atoms with Crippen molar-refractivity contribution in [3.63, 3.8) is 0 Å². The molecule has 0 unspecified atom stereocenters. The molecule has 1 aliphatic carbocycles. The monoisotopic (exact) mass is 452 g/mol. The minimum Gasteiger partial charge on any atom is -0.323 e. The molecule has 2 aromatic carbocycles. The predicted molar refractivity (Wildman–Crippen MR) is 119 cm³/mol. The predicted octanol–water partition coefficient (Wildman–Crippen LogP) is 3.66. The van der Waals surface area contributed by atoms with Crippen molar-refractivity contribution < 1.29 is 4.79 Å². The lowest BCUT2D eigenvalue weighted by Crippen LogP contribution is -2.43. The first kappa shape index (κ1) is 21.0. The van der Waals surface area contributed by atoms with E-state index in [9.17, 15) is 19.6 Å². The minimum atomic E-state index is -0.761. The Morgan fingerprint density at radius 3 is 2.55 bits per heavy atom. The summed E-state index contributed by atoms with van der Waals surface area (Å²) in [6, 6.07) is 16.3. The van der Waals surface area contributed by atoms with Gasteiger partial charge in [0.2, 0.25) is 5.91 Å². The first-order valence-corrected chi connectivity index (χ1v) is 10.7. The Balaban J connectivity index is 1.57. The number of rotatable bonds is 6. The number of halogens is 1. The number of nitrogens with one attached hydrogen (secondary N) is 1. The number of anilines is 1. The van der Waals surface area contributed by atoms with Crippen LogP contribution < -0.4 is 16.6 Å². The largest absolute Gasteiger partial charge is 0.331 e. The average Bonchev–Trinajstić information content (AvgIpc) is 3.59. The Morgan fingerprint density at radius 2 is 1.87 bits per heavy atom. The van der Waals surface area contributed by atoms with E-state index in [1.54, 1.807) is 24.3 Å². The SMILES string of the molecule is N#Cc1cn(C2CC2)c(=O)n(CC(=O)Nc2ccccc2Sc2ccc(Cl)cc2)c1=O. The highest BCUT2D eigenvalue weighted by atomic mass is 35.5. The fraction of sp³-hybridized carbons (Fsp3) is 0.182. The lowest BCUT2D eigenvalue weighted by molar-refractivity contribution is -0.116.